The lowest BCUT2D eigenvalue weighted by molar-refractivity contribution is 0.142. The second-order valence-electron chi connectivity index (χ2n) is 6.37. The topological polar surface area (TPSA) is 45.1 Å². The zero-order chi connectivity index (χ0) is 17.1. The first-order valence-corrected chi connectivity index (χ1v) is 8.68. The highest BCUT2D eigenvalue weighted by Gasteiger charge is 2.35. The van der Waals surface area contributed by atoms with Gasteiger partial charge in [0.2, 0.25) is 0 Å². The van der Waals surface area contributed by atoms with Crippen LogP contribution in [0.5, 0.6) is 5.75 Å². The highest BCUT2D eigenvalue weighted by molar-refractivity contribution is 5.78. The summed E-state index contributed by atoms with van der Waals surface area (Å²) in [6.07, 6.45) is 3.46. The zero-order valence-electron chi connectivity index (χ0n) is 14.0. The van der Waals surface area contributed by atoms with Crippen LogP contribution in [-0.4, -0.2) is 41.3 Å². The van der Waals surface area contributed by atoms with E-state index in [-0.39, 0.29) is 18.2 Å². The first kappa shape index (κ1) is 15.7. The van der Waals surface area contributed by atoms with Crippen molar-refractivity contribution in [2.45, 2.75) is 25.0 Å². The number of carbonyl (C=O) groups excluding carboxylic acids is 1. The molecule has 25 heavy (non-hydrogen) atoms. The number of hydrazone groups is 1. The van der Waals surface area contributed by atoms with E-state index < -0.39 is 0 Å². The molecular weight excluding hydrogens is 314 g/mol. The van der Waals surface area contributed by atoms with Crippen LogP contribution in [0.15, 0.2) is 65.8 Å². The van der Waals surface area contributed by atoms with Gasteiger partial charge in [-0.1, -0.05) is 48.5 Å². The van der Waals surface area contributed by atoms with Crippen molar-refractivity contribution < 1.29 is 9.53 Å². The van der Waals surface area contributed by atoms with Crippen molar-refractivity contribution in [2.24, 2.45) is 5.10 Å². The maximum Gasteiger partial charge on any atom is 0.341 e. The van der Waals surface area contributed by atoms with E-state index >= 15 is 0 Å². The van der Waals surface area contributed by atoms with Gasteiger partial charge in [-0.25, -0.2) is 9.80 Å². The van der Waals surface area contributed by atoms with Crippen LogP contribution in [0.25, 0.3) is 0 Å². The van der Waals surface area contributed by atoms with Crippen LogP contribution in [0.3, 0.4) is 0 Å². The fourth-order valence-electron chi connectivity index (χ4n) is 3.38. The number of ether oxygens (including phenoxy) is 1. The summed E-state index contributed by atoms with van der Waals surface area (Å²) in [4.78, 5) is 14.8. The van der Waals surface area contributed by atoms with Crippen LogP contribution in [0.2, 0.25) is 0 Å². The van der Waals surface area contributed by atoms with E-state index in [1.165, 1.54) is 0 Å². The first-order chi connectivity index (χ1) is 12.3. The van der Waals surface area contributed by atoms with Crippen molar-refractivity contribution in [1.29, 1.82) is 0 Å². The Bertz CT molecular complexity index is 748. The van der Waals surface area contributed by atoms with Crippen LogP contribution in [0.1, 0.15) is 24.4 Å². The molecular formula is C20H21N3O2. The summed E-state index contributed by atoms with van der Waals surface area (Å²) in [5, 5.41) is 5.93. The van der Waals surface area contributed by atoms with Gasteiger partial charge in [-0.2, -0.15) is 5.10 Å². The van der Waals surface area contributed by atoms with Gasteiger partial charge in [0, 0.05) is 25.6 Å². The summed E-state index contributed by atoms with van der Waals surface area (Å²) in [7, 11) is 0. The van der Waals surface area contributed by atoms with Gasteiger partial charge in [-0.15, -0.1) is 0 Å². The molecule has 1 unspecified atom stereocenters. The number of benzene rings is 2. The first-order valence-electron chi connectivity index (χ1n) is 8.68. The molecule has 4 rings (SSSR count). The van der Waals surface area contributed by atoms with E-state index in [4.69, 9.17) is 4.74 Å². The molecule has 128 valence electrons. The summed E-state index contributed by atoms with van der Waals surface area (Å²) in [6, 6.07) is 19.8. The van der Waals surface area contributed by atoms with E-state index in [1.54, 1.807) is 5.01 Å². The molecule has 2 aromatic carbocycles. The minimum absolute atomic E-state index is 0.0113. The molecule has 1 fully saturated rings. The molecule has 2 aromatic rings. The predicted molar refractivity (Wildman–Crippen MR) is 96.6 cm³/mol. The highest BCUT2D eigenvalue weighted by Crippen LogP contribution is 2.30. The number of nitrogens with zero attached hydrogens (tertiary/aromatic N) is 3. The van der Waals surface area contributed by atoms with E-state index in [9.17, 15) is 4.79 Å². The normalized spacial score (nSPS) is 22.4. The lowest BCUT2D eigenvalue weighted by Crippen LogP contribution is -2.40. The molecule has 2 heterocycles. The molecule has 0 aromatic heterocycles. The maximum atomic E-state index is 12.9. The highest BCUT2D eigenvalue weighted by atomic mass is 16.5. The van der Waals surface area contributed by atoms with Gasteiger partial charge < -0.3 is 9.64 Å². The van der Waals surface area contributed by atoms with Crippen LogP contribution in [-0.2, 0) is 0 Å². The lowest BCUT2D eigenvalue weighted by atomic mass is 10.1. The molecule has 5 heteroatoms. The third-order valence-electron chi connectivity index (χ3n) is 4.67. The standard InChI is InChI=1S/C20H21N3O2/c24-20(23-19(11-13-21-23)16-7-3-1-4-8-16)22-14-12-18(15-22)25-17-9-5-2-6-10-17/h1-10,13,18-19H,11-12,14-15H2/t18-,19?/m1/s1. The molecule has 5 nitrogen and oxygen atoms in total. The number of amides is 2. The number of hydrogen-bond acceptors (Lipinski definition) is 3. The summed E-state index contributed by atoms with van der Waals surface area (Å²) in [6.45, 7) is 1.30. The van der Waals surface area contributed by atoms with Crippen molar-refractivity contribution in [3.05, 3.63) is 66.2 Å². The Kier molecular flexibility index (Phi) is 4.37. The van der Waals surface area contributed by atoms with Gasteiger partial charge in [0.05, 0.1) is 12.6 Å². The van der Waals surface area contributed by atoms with Gasteiger partial charge >= 0.3 is 6.03 Å². The third kappa shape index (κ3) is 3.36. The predicted octanol–water partition coefficient (Wildman–Crippen LogP) is 3.69. The Hall–Kier alpha value is -2.82. The van der Waals surface area contributed by atoms with E-state index in [0.29, 0.717) is 13.1 Å². The molecule has 2 aliphatic heterocycles. The summed E-state index contributed by atoms with van der Waals surface area (Å²) in [5.41, 5.74) is 1.12. The van der Waals surface area contributed by atoms with E-state index in [0.717, 1.165) is 24.2 Å². The summed E-state index contributed by atoms with van der Waals surface area (Å²) < 4.78 is 5.98. The minimum Gasteiger partial charge on any atom is -0.489 e. The van der Waals surface area contributed by atoms with Gasteiger partial charge in [0.25, 0.3) is 0 Å². The van der Waals surface area contributed by atoms with Gasteiger partial charge in [-0.05, 0) is 17.7 Å². The largest absolute Gasteiger partial charge is 0.489 e. The molecule has 0 saturated carbocycles. The molecule has 0 bridgehead atoms. The van der Waals surface area contributed by atoms with Gasteiger partial charge in [-0.3, -0.25) is 0 Å². The van der Waals surface area contributed by atoms with E-state index in [1.807, 2.05) is 71.8 Å². The van der Waals surface area contributed by atoms with Crippen molar-refractivity contribution >= 4 is 12.2 Å². The Morgan fingerprint density at radius 2 is 1.76 bits per heavy atom. The second kappa shape index (κ2) is 6.97. The average Bonchev–Trinajstić information content (AvgIpc) is 3.32. The SMILES string of the molecule is O=C(N1CC[C@@H](Oc2ccccc2)C1)N1N=CCC1c1ccccc1. The monoisotopic (exact) mass is 335 g/mol. The number of likely N-dealkylation sites (tertiary alicyclic amines) is 1. The minimum atomic E-state index is -0.0400. The summed E-state index contributed by atoms with van der Waals surface area (Å²) >= 11 is 0. The molecule has 2 atom stereocenters. The van der Waals surface area contributed by atoms with Crippen LogP contribution in [0, 0.1) is 0 Å². The van der Waals surface area contributed by atoms with Crippen molar-refractivity contribution in [2.75, 3.05) is 13.1 Å². The van der Waals surface area contributed by atoms with Gasteiger partial charge in [0.15, 0.2) is 0 Å². The molecule has 2 aliphatic rings. The van der Waals surface area contributed by atoms with Crippen LogP contribution < -0.4 is 4.74 Å². The fourth-order valence-corrected chi connectivity index (χ4v) is 3.38. The summed E-state index contributed by atoms with van der Waals surface area (Å²) in [5.74, 6) is 0.850. The Balaban J connectivity index is 1.40. The third-order valence-corrected chi connectivity index (χ3v) is 4.67. The number of rotatable bonds is 3. The van der Waals surface area contributed by atoms with Crippen molar-refractivity contribution in [3.8, 4) is 5.75 Å². The fraction of sp³-hybridized carbons (Fsp3) is 0.300. The average molecular weight is 335 g/mol. The van der Waals surface area contributed by atoms with Crippen LogP contribution >= 0.6 is 0 Å². The second-order valence-corrected chi connectivity index (χ2v) is 6.37. The van der Waals surface area contributed by atoms with E-state index in [2.05, 4.69) is 5.10 Å². The number of para-hydroxylation sites is 1. The molecule has 0 radical (unpaired) electrons. The Morgan fingerprint density at radius 1 is 1.04 bits per heavy atom. The Morgan fingerprint density at radius 3 is 2.52 bits per heavy atom. The molecule has 1 saturated heterocycles. The molecule has 0 N–H and O–H groups in total. The number of carbonyl (C=O) groups is 1. The van der Waals surface area contributed by atoms with Crippen molar-refractivity contribution in [3.63, 3.8) is 0 Å². The molecule has 0 spiro atoms. The lowest BCUT2D eigenvalue weighted by Gasteiger charge is -2.27. The van der Waals surface area contributed by atoms with Crippen molar-refractivity contribution in [1.82, 2.24) is 9.91 Å². The van der Waals surface area contributed by atoms with Crippen LogP contribution in [0.4, 0.5) is 4.79 Å². The van der Waals surface area contributed by atoms with Gasteiger partial charge in [0.1, 0.15) is 11.9 Å². The molecule has 0 aliphatic carbocycles. The zero-order valence-corrected chi connectivity index (χ0v) is 14.0. The number of hydrogen-bond donors (Lipinski definition) is 0. The smallest absolute Gasteiger partial charge is 0.341 e. The molecule has 2 amide bonds. The number of urea groups is 1. The Labute approximate surface area is 147 Å². The quantitative estimate of drug-likeness (QED) is 0.859. The maximum absolute atomic E-state index is 12.9.